The van der Waals surface area contributed by atoms with Gasteiger partial charge in [-0.25, -0.2) is 0 Å². The molecule has 1 unspecified atom stereocenters. The summed E-state index contributed by atoms with van der Waals surface area (Å²) in [5.41, 5.74) is 0.318. The van der Waals surface area contributed by atoms with Gasteiger partial charge in [-0.15, -0.1) is 0 Å². The van der Waals surface area contributed by atoms with Crippen molar-refractivity contribution in [1.82, 2.24) is 0 Å². The van der Waals surface area contributed by atoms with E-state index in [-0.39, 0.29) is 5.97 Å². The highest BCUT2D eigenvalue weighted by atomic mass is 35.5. The Hall–Kier alpha value is -1.28. The third kappa shape index (κ3) is 4.10. The molecule has 0 bridgehead atoms. The van der Waals surface area contributed by atoms with Crippen LogP contribution in [0.4, 0.5) is 0 Å². The Balaban J connectivity index is 2.52. The summed E-state index contributed by atoms with van der Waals surface area (Å²) in [7, 11) is 0. The van der Waals surface area contributed by atoms with Crippen molar-refractivity contribution < 1.29 is 9.53 Å². The van der Waals surface area contributed by atoms with Crippen molar-refractivity contribution in [2.24, 2.45) is 0 Å². The first-order chi connectivity index (χ1) is 6.68. The molecule has 0 amide bonds. The number of hydrogen-bond donors (Lipinski definition) is 0. The Morgan fingerprint density at radius 1 is 1.43 bits per heavy atom. The van der Waals surface area contributed by atoms with Gasteiger partial charge in [-0.05, 0) is 11.6 Å². The number of carbonyl (C=O) groups is 1. The van der Waals surface area contributed by atoms with Crippen LogP contribution in [0.5, 0.6) is 0 Å². The topological polar surface area (TPSA) is 26.3 Å². The van der Waals surface area contributed by atoms with Crippen LogP contribution in [0.15, 0.2) is 36.4 Å². The molecule has 1 aromatic carbocycles. The molecule has 0 radical (unpaired) electrons. The molecule has 0 aromatic heterocycles. The third-order valence-corrected chi connectivity index (χ3v) is 1.75. The van der Waals surface area contributed by atoms with Crippen LogP contribution < -0.4 is 0 Å². The van der Waals surface area contributed by atoms with E-state index in [9.17, 15) is 4.79 Å². The number of halogens is 1. The highest BCUT2D eigenvalue weighted by Gasteiger charge is 2.01. The molecular weight excluding hydrogens is 200 g/mol. The molecule has 0 aliphatic rings. The zero-order chi connectivity index (χ0) is 10.4. The summed E-state index contributed by atoms with van der Waals surface area (Å²) in [6, 6.07) is 9.66. The molecule has 0 fully saturated rings. The minimum absolute atomic E-state index is 0.386. The first-order valence-electron chi connectivity index (χ1n) is 4.23. The Morgan fingerprint density at radius 3 is 2.64 bits per heavy atom. The standard InChI is InChI=1S/C11H11ClO2/c1-9(13)14-11(12)8-7-10-5-3-2-4-6-10/h2-8,11H,1H3/b8-7+. The van der Waals surface area contributed by atoms with Gasteiger partial charge in [-0.2, -0.15) is 0 Å². The maximum atomic E-state index is 10.5. The lowest BCUT2D eigenvalue weighted by Crippen LogP contribution is -2.05. The minimum Gasteiger partial charge on any atom is -0.442 e. The minimum atomic E-state index is -0.701. The normalized spacial score (nSPS) is 12.7. The van der Waals surface area contributed by atoms with E-state index in [2.05, 4.69) is 0 Å². The summed E-state index contributed by atoms with van der Waals surface area (Å²) < 4.78 is 4.71. The van der Waals surface area contributed by atoms with Gasteiger partial charge < -0.3 is 4.74 Å². The molecular formula is C11H11ClO2. The molecule has 74 valence electrons. The quantitative estimate of drug-likeness (QED) is 0.567. The third-order valence-electron chi connectivity index (χ3n) is 1.52. The van der Waals surface area contributed by atoms with Crippen LogP contribution in [0.3, 0.4) is 0 Å². The summed E-state index contributed by atoms with van der Waals surface area (Å²) in [5, 5.41) is 0. The van der Waals surface area contributed by atoms with Gasteiger partial charge in [0.05, 0.1) is 0 Å². The molecule has 2 nitrogen and oxygen atoms in total. The van der Waals surface area contributed by atoms with Gasteiger partial charge in [0.15, 0.2) is 5.56 Å². The summed E-state index contributed by atoms with van der Waals surface area (Å²) >= 11 is 5.70. The van der Waals surface area contributed by atoms with E-state index < -0.39 is 5.56 Å². The highest BCUT2D eigenvalue weighted by molar-refractivity contribution is 6.21. The number of alkyl halides is 1. The van der Waals surface area contributed by atoms with Gasteiger partial charge in [0, 0.05) is 6.92 Å². The maximum Gasteiger partial charge on any atom is 0.304 e. The van der Waals surface area contributed by atoms with Crippen molar-refractivity contribution >= 4 is 23.6 Å². The number of hydrogen-bond acceptors (Lipinski definition) is 2. The number of rotatable bonds is 3. The SMILES string of the molecule is CC(=O)OC(Cl)/C=C/c1ccccc1. The average Bonchev–Trinajstić information content (AvgIpc) is 2.15. The van der Waals surface area contributed by atoms with Gasteiger partial charge in [0.1, 0.15) is 0 Å². The smallest absolute Gasteiger partial charge is 0.304 e. The van der Waals surface area contributed by atoms with Crippen LogP contribution in [0.1, 0.15) is 12.5 Å². The van der Waals surface area contributed by atoms with Gasteiger partial charge in [0.2, 0.25) is 0 Å². The van der Waals surface area contributed by atoms with Crippen LogP contribution >= 0.6 is 11.6 Å². The number of esters is 1. The van der Waals surface area contributed by atoms with Crippen molar-refractivity contribution in [3.05, 3.63) is 42.0 Å². The van der Waals surface area contributed by atoms with Gasteiger partial charge in [0.25, 0.3) is 0 Å². The summed E-state index contributed by atoms with van der Waals surface area (Å²) in [4.78, 5) is 10.5. The van der Waals surface area contributed by atoms with Gasteiger partial charge in [-0.1, -0.05) is 48.0 Å². The molecule has 0 spiro atoms. The lowest BCUT2D eigenvalue weighted by molar-refractivity contribution is -0.141. The van der Waals surface area contributed by atoms with E-state index in [1.54, 1.807) is 12.2 Å². The number of ether oxygens (including phenoxy) is 1. The molecule has 0 aliphatic heterocycles. The summed E-state index contributed by atoms with van der Waals surface area (Å²) in [6.07, 6.45) is 3.43. The zero-order valence-corrected chi connectivity index (χ0v) is 8.57. The fraction of sp³-hybridized carbons (Fsp3) is 0.182. The van der Waals surface area contributed by atoms with Gasteiger partial charge in [-0.3, -0.25) is 4.79 Å². The van der Waals surface area contributed by atoms with E-state index in [0.29, 0.717) is 0 Å². The van der Waals surface area contributed by atoms with E-state index >= 15 is 0 Å². The largest absolute Gasteiger partial charge is 0.442 e. The fourth-order valence-corrected chi connectivity index (χ4v) is 1.15. The van der Waals surface area contributed by atoms with Crippen molar-refractivity contribution in [1.29, 1.82) is 0 Å². The monoisotopic (exact) mass is 210 g/mol. The van der Waals surface area contributed by atoms with Crippen LogP contribution in [0.25, 0.3) is 6.08 Å². The first-order valence-corrected chi connectivity index (χ1v) is 4.66. The predicted molar refractivity (Wildman–Crippen MR) is 56.9 cm³/mol. The second kappa shape index (κ2) is 5.45. The second-order valence-corrected chi connectivity index (χ2v) is 3.16. The van der Waals surface area contributed by atoms with Crippen LogP contribution in [0, 0.1) is 0 Å². The Bertz CT molecular complexity index is 319. The Labute approximate surface area is 88.1 Å². The molecule has 0 saturated heterocycles. The molecule has 14 heavy (non-hydrogen) atoms. The van der Waals surface area contributed by atoms with E-state index in [0.717, 1.165) is 5.56 Å². The lowest BCUT2D eigenvalue weighted by Gasteiger charge is -2.03. The van der Waals surface area contributed by atoms with Crippen LogP contribution in [0.2, 0.25) is 0 Å². The molecule has 0 N–H and O–H groups in total. The van der Waals surface area contributed by atoms with Crippen molar-refractivity contribution in [3.63, 3.8) is 0 Å². The molecule has 1 aromatic rings. The van der Waals surface area contributed by atoms with Crippen LogP contribution in [-0.2, 0) is 9.53 Å². The van der Waals surface area contributed by atoms with E-state index in [1.807, 2.05) is 30.3 Å². The highest BCUT2D eigenvalue weighted by Crippen LogP contribution is 2.06. The molecule has 0 heterocycles. The van der Waals surface area contributed by atoms with Crippen molar-refractivity contribution in [2.45, 2.75) is 12.5 Å². The Kier molecular flexibility index (Phi) is 4.20. The zero-order valence-electron chi connectivity index (χ0n) is 7.81. The first kappa shape index (κ1) is 10.8. The Morgan fingerprint density at radius 2 is 2.07 bits per heavy atom. The van der Waals surface area contributed by atoms with Crippen molar-refractivity contribution in [2.75, 3.05) is 0 Å². The predicted octanol–water partition coefficient (Wildman–Crippen LogP) is 2.83. The molecule has 1 rings (SSSR count). The van der Waals surface area contributed by atoms with Crippen molar-refractivity contribution in [3.8, 4) is 0 Å². The average molecular weight is 211 g/mol. The molecule has 1 atom stereocenters. The van der Waals surface area contributed by atoms with E-state index in [1.165, 1.54) is 6.92 Å². The summed E-state index contributed by atoms with van der Waals surface area (Å²) in [6.45, 7) is 1.33. The molecule has 0 saturated carbocycles. The van der Waals surface area contributed by atoms with Gasteiger partial charge >= 0.3 is 5.97 Å². The van der Waals surface area contributed by atoms with Crippen LogP contribution in [-0.4, -0.2) is 11.5 Å². The fourth-order valence-electron chi connectivity index (χ4n) is 0.949. The van der Waals surface area contributed by atoms with E-state index in [4.69, 9.17) is 16.3 Å². The summed E-state index contributed by atoms with van der Waals surface area (Å²) in [5.74, 6) is -0.386. The molecule has 3 heteroatoms. The second-order valence-electron chi connectivity index (χ2n) is 2.73. The molecule has 0 aliphatic carbocycles. The lowest BCUT2D eigenvalue weighted by atomic mass is 10.2. The number of benzene rings is 1. The number of carbonyl (C=O) groups excluding carboxylic acids is 1. The maximum absolute atomic E-state index is 10.5.